The zero-order chi connectivity index (χ0) is 20.7. The number of carbonyl (C=O) groups is 1. The van der Waals surface area contributed by atoms with Gasteiger partial charge in [0.1, 0.15) is 6.10 Å². The van der Waals surface area contributed by atoms with Gasteiger partial charge in [-0.25, -0.2) is 0 Å². The van der Waals surface area contributed by atoms with Crippen LogP contribution in [-0.4, -0.2) is 23.3 Å². The van der Waals surface area contributed by atoms with Gasteiger partial charge in [-0.3, -0.25) is 4.79 Å². The topological polar surface area (TPSA) is 46.5 Å². The van der Waals surface area contributed by atoms with E-state index in [2.05, 4.69) is 45.9 Å². The van der Waals surface area contributed by atoms with Gasteiger partial charge in [-0.2, -0.15) is 0 Å². The Morgan fingerprint density at radius 2 is 1.96 bits per heavy atom. The second kappa shape index (κ2) is 7.68. The van der Waals surface area contributed by atoms with Gasteiger partial charge in [0.05, 0.1) is 12.5 Å². The van der Waals surface area contributed by atoms with Crippen molar-refractivity contribution in [3.63, 3.8) is 0 Å². The van der Waals surface area contributed by atoms with E-state index in [1.165, 1.54) is 16.7 Å². The molecule has 0 bridgehead atoms. The average molecular weight is 403 g/mol. The van der Waals surface area contributed by atoms with Gasteiger partial charge in [-0.1, -0.05) is 57.5 Å². The Kier molecular flexibility index (Phi) is 5.80. The molecule has 0 amide bonds. The van der Waals surface area contributed by atoms with Crippen LogP contribution in [0.25, 0.3) is 5.57 Å². The zero-order valence-corrected chi connectivity index (χ0v) is 18.3. The third kappa shape index (κ3) is 4.69. The molecule has 2 atom stereocenters. The molecule has 152 valence electrons. The Morgan fingerprint density at radius 1 is 1.25 bits per heavy atom. The first-order valence-electron chi connectivity index (χ1n) is 10.0. The number of carbonyl (C=O) groups excluding carboxylic acids is 1. The summed E-state index contributed by atoms with van der Waals surface area (Å²) < 4.78 is 5.41. The lowest BCUT2D eigenvalue weighted by Gasteiger charge is -2.43. The molecule has 1 N–H and O–H groups in total. The van der Waals surface area contributed by atoms with E-state index in [9.17, 15) is 9.90 Å². The number of esters is 1. The predicted molar refractivity (Wildman–Crippen MR) is 114 cm³/mol. The molecule has 2 aliphatic rings. The van der Waals surface area contributed by atoms with Crippen molar-refractivity contribution < 1.29 is 14.6 Å². The molecule has 0 spiro atoms. The summed E-state index contributed by atoms with van der Waals surface area (Å²) in [6, 6.07) is 6.22. The summed E-state index contributed by atoms with van der Waals surface area (Å²) in [6.45, 7) is 11.2. The molecule has 3 nitrogen and oxygen atoms in total. The number of ether oxygens (including phenoxy) is 1. The van der Waals surface area contributed by atoms with Gasteiger partial charge >= 0.3 is 5.97 Å². The summed E-state index contributed by atoms with van der Waals surface area (Å²) in [6.07, 6.45) is 5.65. The largest absolute Gasteiger partial charge is 0.458 e. The van der Waals surface area contributed by atoms with Gasteiger partial charge in [0, 0.05) is 11.4 Å². The molecule has 3 rings (SSSR count). The van der Waals surface area contributed by atoms with Gasteiger partial charge in [0.15, 0.2) is 0 Å². The average Bonchev–Trinajstić information content (AvgIpc) is 2.53. The maximum absolute atomic E-state index is 11.7. The molecule has 0 aromatic heterocycles. The van der Waals surface area contributed by atoms with E-state index in [4.69, 9.17) is 16.3 Å². The first-order chi connectivity index (χ1) is 13.0. The maximum atomic E-state index is 11.7. The molecule has 0 radical (unpaired) electrons. The molecule has 4 heteroatoms. The molecule has 0 unspecified atom stereocenters. The van der Waals surface area contributed by atoms with Crippen molar-refractivity contribution >= 4 is 23.1 Å². The molecule has 1 heterocycles. The molecule has 1 fully saturated rings. The van der Waals surface area contributed by atoms with Gasteiger partial charge < -0.3 is 9.84 Å². The van der Waals surface area contributed by atoms with E-state index >= 15 is 0 Å². The van der Waals surface area contributed by atoms with Crippen LogP contribution in [0.4, 0.5) is 0 Å². The highest BCUT2D eigenvalue weighted by molar-refractivity contribution is 6.31. The van der Waals surface area contributed by atoms with Crippen LogP contribution >= 0.6 is 11.6 Å². The lowest BCUT2D eigenvalue weighted by Crippen LogP contribution is -2.32. The van der Waals surface area contributed by atoms with Crippen LogP contribution in [0.5, 0.6) is 0 Å². The Hall–Kier alpha value is -1.58. The first kappa shape index (κ1) is 21.1. The van der Waals surface area contributed by atoms with Crippen molar-refractivity contribution in [2.45, 2.75) is 72.5 Å². The van der Waals surface area contributed by atoms with Crippen LogP contribution < -0.4 is 0 Å². The lowest BCUT2D eigenvalue weighted by molar-refractivity contribution is -0.156. The summed E-state index contributed by atoms with van der Waals surface area (Å²) >= 11 is 6.26. The van der Waals surface area contributed by atoms with Crippen LogP contribution in [0.1, 0.15) is 64.5 Å². The fourth-order valence-electron chi connectivity index (χ4n) is 4.88. The minimum Gasteiger partial charge on any atom is -0.458 e. The fraction of sp³-hybridized carbons (Fsp3) is 0.542. The highest BCUT2D eigenvalue weighted by Crippen LogP contribution is 2.52. The minimum absolute atomic E-state index is 0.0155. The molecule has 1 aliphatic carbocycles. The second-order valence-corrected chi connectivity index (χ2v) is 10.1. The first-order valence-corrected chi connectivity index (χ1v) is 10.4. The molecule has 1 saturated heterocycles. The maximum Gasteiger partial charge on any atom is 0.309 e. The molecule has 1 aliphatic heterocycles. The van der Waals surface area contributed by atoms with Crippen LogP contribution in [0.15, 0.2) is 35.9 Å². The van der Waals surface area contributed by atoms with Crippen molar-refractivity contribution in [1.82, 2.24) is 0 Å². The van der Waals surface area contributed by atoms with Gasteiger partial charge in [0.2, 0.25) is 0 Å². The van der Waals surface area contributed by atoms with Gasteiger partial charge in [-0.15, -0.1) is 0 Å². The Bertz CT molecular complexity index is 832. The molecule has 1 aromatic carbocycles. The van der Waals surface area contributed by atoms with Crippen molar-refractivity contribution in [1.29, 1.82) is 0 Å². The molecule has 0 saturated carbocycles. The highest BCUT2D eigenvalue weighted by Gasteiger charge is 2.38. The molecule has 1 aromatic rings. The van der Waals surface area contributed by atoms with Crippen molar-refractivity contribution in [2.75, 3.05) is 0 Å². The van der Waals surface area contributed by atoms with E-state index in [1.807, 2.05) is 19.1 Å². The summed E-state index contributed by atoms with van der Waals surface area (Å²) in [5, 5.41) is 10.7. The third-order valence-electron chi connectivity index (χ3n) is 5.80. The summed E-state index contributed by atoms with van der Waals surface area (Å²) in [7, 11) is 0. The van der Waals surface area contributed by atoms with Crippen molar-refractivity contribution in [3.05, 3.63) is 52.1 Å². The van der Waals surface area contributed by atoms with Crippen molar-refractivity contribution in [3.8, 4) is 0 Å². The SMILES string of the molecule is Cc1cc(C2=C(C=C[C@H]3C[C@H](O)CC(=O)O3)C(C)(C)CC(C)(C)C2)ccc1Cl. The third-order valence-corrected chi connectivity index (χ3v) is 6.23. The number of hydrogen-bond donors (Lipinski definition) is 1. The van der Waals surface area contributed by atoms with E-state index in [1.54, 1.807) is 0 Å². The standard InChI is InChI=1S/C24H31ClO3/c1-15-10-16(6-9-21(15)25)19-13-23(2,3)14-24(4,5)20(19)8-7-18-11-17(26)12-22(27)28-18/h6-10,17-18,26H,11-14H2,1-5H3/t17-,18-/m0/s1. The lowest BCUT2D eigenvalue weighted by atomic mass is 9.61. The molecular weight excluding hydrogens is 372 g/mol. The Morgan fingerprint density at radius 3 is 2.61 bits per heavy atom. The second-order valence-electron chi connectivity index (χ2n) is 9.74. The number of aliphatic hydroxyl groups is 1. The Labute approximate surface area is 173 Å². The molecule has 28 heavy (non-hydrogen) atoms. The summed E-state index contributed by atoms with van der Waals surface area (Å²) in [5.74, 6) is -0.333. The number of aliphatic hydroxyl groups excluding tert-OH is 1. The minimum atomic E-state index is -0.624. The number of aryl methyl sites for hydroxylation is 1. The van der Waals surface area contributed by atoms with Gasteiger partial charge in [-0.05, 0) is 65.0 Å². The van der Waals surface area contributed by atoms with Crippen LogP contribution in [0, 0.1) is 17.8 Å². The highest BCUT2D eigenvalue weighted by atomic mass is 35.5. The van der Waals surface area contributed by atoms with Crippen LogP contribution in [0.3, 0.4) is 0 Å². The monoisotopic (exact) mass is 402 g/mol. The van der Waals surface area contributed by atoms with E-state index in [0.717, 1.165) is 23.4 Å². The zero-order valence-electron chi connectivity index (χ0n) is 17.5. The van der Waals surface area contributed by atoms with E-state index in [-0.39, 0.29) is 29.3 Å². The molecular formula is C24H31ClO3. The number of hydrogen-bond acceptors (Lipinski definition) is 3. The van der Waals surface area contributed by atoms with E-state index in [0.29, 0.717) is 6.42 Å². The van der Waals surface area contributed by atoms with E-state index < -0.39 is 6.10 Å². The number of allylic oxidation sites excluding steroid dienone is 3. The smallest absolute Gasteiger partial charge is 0.309 e. The number of rotatable bonds is 3. The van der Waals surface area contributed by atoms with Gasteiger partial charge in [0.25, 0.3) is 0 Å². The normalized spacial score (nSPS) is 27.2. The van der Waals surface area contributed by atoms with Crippen molar-refractivity contribution in [2.24, 2.45) is 10.8 Å². The predicted octanol–water partition coefficient (Wildman–Crippen LogP) is 5.87. The van der Waals surface area contributed by atoms with Crippen LogP contribution in [-0.2, 0) is 9.53 Å². The Balaban J connectivity index is 2.04. The number of cyclic esters (lactones) is 1. The van der Waals surface area contributed by atoms with Crippen LogP contribution in [0.2, 0.25) is 5.02 Å². The quantitative estimate of drug-likeness (QED) is 0.643. The fourth-order valence-corrected chi connectivity index (χ4v) is 5.00. The summed E-state index contributed by atoms with van der Waals surface area (Å²) in [5.41, 5.74) is 5.03. The number of benzene rings is 1. The number of halogens is 1. The summed E-state index contributed by atoms with van der Waals surface area (Å²) in [4.78, 5) is 11.7.